The Kier molecular flexibility index (Phi) is 5.41. The highest BCUT2D eigenvalue weighted by molar-refractivity contribution is 5.91. The summed E-state index contributed by atoms with van der Waals surface area (Å²) < 4.78 is 45.3. The third-order valence-electron chi connectivity index (χ3n) is 3.82. The van der Waals surface area contributed by atoms with E-state index in [1.54, 1.807) is 31.2 Å². The summed E-state index contributed by atoms with van der Waals surface area (Å²) >= 11 is 0. The lowest BCUT2D eigenvalue weighted by atomic mass is 9.99. The standard InChI is InChI=1S/C17H21F3N2O3/c1-11(2)8-13-9-16(24,17(18,19)20)22(21-13)15(23)10-25-14-7-5-4-6-12(14)3/h4-7,11,24H,8-10H2,1-3H3. The Balaban J connectivity index is 2.18. The molecule has 0 fully saturated rings. The first-order valence-corrected chi connectivity index (χ1v) is 7.91. The first-order chi connectivity index (χ1) is 11.5. The Morgan fingerprint density at radius 1 is 1.40 bits per heavy atom. The Hall–Kier alpha value is -2.09. The van der Waals surface area contributed by atoms with Gasteiger partial charge in [0.15, 0.2) is 6.61 Å². The molecule has 1 atom stereocenters. The van der Waals surface area contributed by atoms with Crippen LogP contribution in [0.5, 0.6) is 5.75 Å². The smallest absolute Gasteiger partial charge is 0.438 e. The fourth-order valence-electron chi connectivity index (χ4n) is 2.60. The van der Waals surface area contributed by atoms with Gasteiger partial charge in [0.1, 0.15) is 5.75 Å². The van der Waals surface area contributed by atoms with E-state index in [0.717, 1.165) is 5.56 Å². The summed E-state index contributed by atoms with van der Waals surface area (Å²) in [5, 5.41) is 14.0. The number of carbonyl (C=O) groups is 1. The van der Waals surface area contributed by atoms with E-state index in [9.17, 15) is 23.1 Å². The average molecular weight is 358 g/mol. The molecule has 0 saturated carbocycles. The van der Waals surface area contributed by atoms with Gasteiger partial charge in [-0.15, -0.1) is 0 Å². The molecular weight excluding hydrogens is 337 g/mol. The van der Waals surface area contributed by atoms with Crippen LogP contribution in [0.4, 0.5) is 13.2 Å². The van der Waals surface area contributed by atoms with Crippen LogP contribution < -0.4 is 4.74 Å². The molecule has 138 valence electrons. The van der Waals surface area contributed by atoms with E-state index in [1.165, 1.54) is 0 Å². The van der Waals surface area contributed by atoms with Gasteiger partial charge < -0.3 is 9.84 Å². The van der Waals surface area contributed by atoms with Crippen LogP contribution in [-0.4, -0.2) is 40.2 Å². The molecular formula is C17H21F3N2O3. The van der Waals surface area contributed by atoms with E-state index in [-0.39, 0.29) is 23.1 Å². The summed E-state index contributed by atoms with van der Waals surface area (Å²) in [6.07, 6.45) is -5.50. The third kappa shape index (κ3) is 4.12. The Bertz CT molecular complexity index is 673. The fourth-order valence-corrected chi connectivity index (χ4v) is 2.60. The largest absolute Gasteiger partial charge is 0.483 e. The van der Waals surface area contributed by atoms with Crippen molar-refractivity contribution < 1.29 is 27.8 Å². The van der Waals surface area contributed by atoms with Gasteiger partial charge in [-0.1, -0.05) is 32.0 Å². The zero-order chi connectivity index (χ0) is 18.8. The first-order valence-electron chi connectivity index (χ1n) is 7.91. The van der Waals surface area contributed by atoms with Crippen LogP contribution in [0.1, 0.15) is 32.3 Å². The number of halogens is 3. The van der Waals surface area contributed by atoms with Gasteiger partial charge in [-0.3, -0.25) is 4.79 Å². The third-order valence-corrected chi connectivity index (χ3v) is 3.82. The molecule has 0 bridgehead atoms. The topological polar surface area (TPSA) is 62.1 Å². The Labute approximate surface area is 144 Å². The molecule has 1 amide bonds. The number of alkyl halides is 3. The van der Waals surface area contributed by atoms with Crippen molar-refractivity contribution in [2.24, 2.45) is 11.0 Å². The highest BCUT2D eigenvalue weighted by atomic mass is 19.4. The fraction of sp³-hybridized carbons (Fsp3) is 0.529. The van der Waals surface area contributed by atoms with Crippen LogP contribution in [0.2, 0.25) is 0 Å². The molecule has 2 rings (SSSR count). The highest BCUT2D eigenvalue weighted by Gasteiger charge is 2.63. The number of para-hydroxylation sites is 1. The lowest BCUT2D eigenvalue weighted by Crippen LogP contribution is -2.57. The van der Waals surface area contributed by atoms with E-state index in [0.29, 0.717) is 5.75 Å². The zero-order valence-electron chi connectivity index (χ0n) is 14.3. The summed E-state index contributed by atoms with van der Waals surface area (Å²) in [6, 6.07) is 6.82. The maximum Gasteiger partial charge on any atom is 0.438 e. The maximum absolute atomic E-state index is 13.3. The van der Waals surface area contributed by atoms with E-state index in [1.807, 2.05) is 13.8 Å². The first kappa shape index (κ1) is 19.2. The van der Waals surface area contributed by atoms with Crippen LogP contribution in [0.15, 0.2) is 29.4 Å². The van der Waals surface area contributed by atoms with E-state index < -0.39 is 30.8 Å². The van der Waals surface area contributed by atoms with Crippen molar-refractivity contribution in [2.45, 2.75) is 45.5 Å². The Morgan fingerprint density at radius 3 is 2.60 bits per heavy atom. The molecule has 0 aromatic heterocycles. The van der Waals surface area contributed by atoms with Gasteiger partial charge in [-0.2, -0.15) is 23.3 Å². The summed E-state index contributed by atoms with van der Waals surface area (Å²) in [4.78, 5) is 12.3. The Morgan fingerprint density at radius 2 is 2.04 bits per heavy atom. The predicted molar refractivity (Wildman–Crippen MR) is 86.0 cm³/mol. The SMILES string of the molecule is Cc1ccccc1OCC(=O)N1N=C(CC(C)C)CC1(O)C(F)(F)F. The second kappa shape index (κ2) is 7.03. The van der Waals surface area contributed by atoms with Crippen LogP contribution in [0, 0.1) is 12.8 Å². The number of aryl methyl sites for hydroxylation is 1. The molecule has 5 nitrogen and oxygen atoms in total. The van der Waals surface area contributed by atoms with Gasteiger partial charge in [0.2, 0.25) is 0 Å². The molecule has 1 aromatic carbocycles. The van der Waals surface area contributed by atoms with Crippen molar-refractivity contribution in [1.29, 1.82) is 0 Å². The van der Waals surface area contributed by atoms with Gasteiger partial charge in [-0.25, -0.2) is 0 Å². The molecule has 0 spiro atoms. The number of hydrazone groups is 1. The van der Waals surface area contributed by atoms with Crippen molar-refractivity contribution in [3.63, 3.8) is 0 Å². The van der Waals surface area contributed by atoms with Crippen molar-refractivity contribution in [3.05, 3.63) is 29.8 Å². The highest BCUT2D eigenvalue weighted by Crippen LogP contribution is 2.41. The second-order valence-corrected chi connectivity index (χ2v) is 6.52. The van der Waals surface area contributed by atoms with Crippen molar-refractivity contribution in [2.75, 3.05) is 6.61 Å². The lowest BCUT2D eigenvalue weighted by molar-refractivity contribution is -0.302. The van der Waals surface area contributed by atoms with Gasteiger partial charge in [0.25, 0.3) is 11.6 Å². The second-order valence-electron chi connectivity index (χ2n) is 6.52. The minimum absolute atomic E-state index is 0.0505. The molecule has 1 N–H and O–H groups in total. The van der Waals surface area contributed by atoms with Crippen LogP contribution >= 0.6 is 0 Å². The molecule has 25 heavy (non-hydrogen) atoms. The molecule has 0 aliphatic carbocycles. The minimum Gasteiger partial charge on any atom is -0.483 e. The molecule has 8 heteroatoms. The van der Waals surface area contributed by atoms with Gasteiger partial charge in [0.05, 0.1) is 0 Å². The van der Waals surface area contributed by atoms with E-state index >= 15 is 0 Å². The number of aliphatic hydroxyl groups is 1. The predicted octanol–water partition coefficient (Wildman–Crippen LogP) is 3.26. The quantitative estimate of drug-likeness (QED) is 0.879. The molecule has 1 heterocycles. The molecule has 1 aromatic rings. The number of hydrogen-bond donors (Lipinski definition) is 1. The minimum atomic E-state index is -5.02. The van der Waals surface area contributed by atoms with Crippen molar-refractivity contribution in [1.82, 2.24) is 5.01 Å². The summed E-state index contributed by atoms with van der Waals surface area (Å²) in [5.74, 6) is -0.617. The summed E-state index contributed by atoms with van der Waals surface area (Å²) in [5.41, 5.74) is -2.45. The molecule has 1 unspecified atom stereocenters. The molecule has 1 aliphatic rings. The van der Waals surface area contributed by atoms with E-state index in [4.69, 9.17) is 4.74 Å². The van der Waals surface area contributed by atoms with Crippen molar-refractivity contribution >= 4 is 11.6 Å². The van der Waals surface area contributed by atoms with Crippen LogP contribution in [0.3, 0.4) is 0 Å². The number of nitrogens with zero attached hydrogens (tertiary/aromatic N) is 2. The number of amides is 1. The average Bonchev–Trinajstić information content (AvgIpc) is 2.83. The zero-order valence-corrected chi connectivity index (χ0v) is 14.3. The molecule has 1 aliphatic heterocycles. The molecule has 0 saturated heterocycles. The monoisotopic (exact) mass is 358 g/mol. The normalized spacial score (nSPS) is 20.8. The number of carbonyl (C=O) groups excluding carboxylic acids is 1. The summed E-state index contributed by atoms with van der Waals surface area (Å²) in [7, 11) is 0. The van der Waals surface area contributed by atoms with Crippen molar-refractivity contribution in [3.8, 4) is 5.75 Å². The maximum atomic E-state index is 13.3. The van der Waals surface area contributed by atoms with Gasteiger partial charge >= 0.3 is 6.18 Å². The van der Waals surface area contributed by atoms with Gasteiger partial charge in [0, 0.05) is 12.1 Å². The van der Waals surface area contributed by atoms with Gasteiger partial charge in [-0.05, 0) is 30.9 Å². The summed E-state index contributed by atoms with van der Waals surface area (Å²) in [6.45, 7) is 4.74. The molecule has 0 radical (unpaired) electrons. The van der Waals surface area contributed by atoms with Crippen LogP contribution in [0.25, 0.3) is 0 Å². The number of rotatable bonds is 5. The number of ether oxygens (including phenoxy) is 1. The van der Waals surface area contributed by atoms with E-state index in [2.05, 4.69) is 5.10 Å². The lowest BCUT2D eigenvalue weighted by Gasteiger charge is -2.32. The number of benzene rings is 1. The number of hydrogen-bond acceptors (Lipinski definition) is 4. The van der Waals surface area contributed by atoms with Crippen LogP contribution in [-0.2, 0) is 4.79 Å².